The molecule has 0 aromatic carbocycles. The molecule has 27 heavy (non-hydrogen) atoms. The lowest BCUT2D eigenvalue weighted by Crippen LogP contribution is -2.52. The normalized spacial score (nSPS) is 21.7. The second kappa shape index (κ2) is 9.53. The van der Waals surface area contributed by atoms with Gasteiger partial charge in [0, 0.05) is 24.0 Å². The second-order valence-electron chi connectivity index (χ2n) is 7.39. The molecular formula is C19H29Cl2N5O. The van der Waals surface area contributed by atoms with Crippen LogP contribution in [0.15, 0.2) is 24.4 Å². The fourth-order valence-electron chi connectivity index (χ4n) is 3.61. The van der Waals surface area contributed by atoms with Crippen molar-refractivity contribution in [1.82, 2.24) is 20.1 Å². The number of pyridine rings is 1. The van der Waals surface area contributed by atoms with E-state index < -0.39 is 5.54 Å². The van der Waals surface area contributed by atoms with Gasteiger partial charge >= 0.3 is 0 Å². The Morgan fingerprint density at radius 3 is 2.63 bits per heavy atom. The summed E-state index contributed by atoms with van der Waals surface area (Å²) >= 11 is 0. The van der Waals surface area contributed by atoms with Crippen LogP contribution < -0.4 is 11.1 Å². The van der Waals surface area contributed by atoms with Crippen LogP contribution >= 0.6 is 24.8 Å². The van der Waals surface area contributed by atoms with Crippen LogP contribution in [0.2, 0.25) is 0 Å². The van der Waals surface area contributed by atoms with Crippen molar-refractivity contribution in [3.05, 3.63) is 41.3 Å². The third kappa shape index (κ3) is 5.43. The zero-order chi connectivity index (χ0) is 18.0. The van der Waals surface area contributed by atoms with E-state index in [-0.39, 0.29) is 36.6 Å². The Bertz CT molecular complexity index is 758. The van der Waals surface area contributed by atoms with E-state index in [0.29, 0.717) is 6.54 Å². The van der Waals surface area contributed by atoms with Crippen LogP contribution in [0.5, 0.6) is 0 Å². The molecule has 1 aliphatic carbocycles. The molecule has 2 unspecified atom stereocenters. The molecule has 3 rings (SSSR count). The summed E-state index contributed by atoms with van der Waals surface area (Å²) in [5.41, 5.74) is 8.88. The summed E-state index contributed by atoms with van der Waals surface area (Å²) in [6.45, 7) is 6.42. The largest absolute Gasteiger partial charge is 0.352 e. The van der Waals surface area contributed by atoms with Gasteiger partial charge in [0.25, 0.3) is 0 Å². The van der Waals surface area contributed by atoms with E-state index in [1.807, 2.05) is 43.7 Å². The summed E-state index contributed by atoms with van der Waals surface area (Å²) < 4.78 is 1.82. The van der Waals surface area contributed by atoms with Crippen molar-refractivity contribution < 1.29 is 4.79 Å². The lowest BCUT2D eigenvalue weighted by Gasteiger charge is -2.37. The lowest BCUT2D eigenvalue weighted by atomic mass is 9.74. The fourth-order valence-corrected chi connectivity index (χ4v) is 3.61. The number of carbonyl (C=O) groups excluding carboxylic acids is 1. The molecule has 1 saturated carbocycles. The van der Waals surface area contributed by atoms with Crippen LogP contribution in [0.3, 0.4) is 0 Å². The van der Waals surface area contributed by atoms with Gasteiger partial charge in [0.15, 0.2) is 5.82 Å². The monoisotopic (exact) mass is 413 g/mol. The number of aryl methyl sites for hydroxylation is 2. The van der Waals surface area contributed by atoms with Gasteiger partial charge < -0.3 is 11.1 Å². The van der Waals surface area contributed by atoms with Crippen molar-refractivity contribution in [3.8, 4) is 5.82 Å². The van der Waals surface area contributed by atoms with Crippen LogP contribution in [0.25, 0.3) is 5.82 Å². The van der Waals surface area contributed by atoms with Crippen molar-refractivity contribution in [3.63, 3.8) is 0 Å². The number of hydrogen-bond donors (Lipinski definition) is 2. The number of rotatable bonds is 4. The van der Waals surface area contributed by atoms with Crippen molar-refractivity contribution in [2.24, 2.45) is 11.7 Å². The Balaban J connectivity index is 0.00000182. The molecule has 0 saturated heterocycles. The lowest BCUT2D eigenvalue weighted by molar-refractivity contribution is -0.128. The molecule has 3 N–H and O–H groups in total. The summed E-state index contributed by atoms with van der Waals surface area (Å²) in [5, 5.41) is 7.45. The first-order valence-electron chi connectivity index (χ1n) is 8.92. The maximum atomic E-state index is 12.5. The number of nitrogens with two attached hydrogens (primary N) is 1. The number of aromatic nitrogens is 3. The highest BCUT2D eigenvalue weighted by atomic mass is 35.5. The quantitative estimate of drug-likeness (QED) is 0.804. The molecule has 2 atom stereocenters. The van der Waals surface area contributed by atoms with Crippen molar-refractivity contribution in [1.29, 1.82) is 0 Å². The fraction of sp³-hybridized carbons (Fsp3) is 0.526. The second-order valence-corrected chi connectivity index (χ2v) is 7.39. The molecular weight excluding hydrogens is 385 g/mol. The molecule has 2 heterocycles. The van der Waals surface area contributed by atoms with Gasteiger partial charge in [0.1, 0.15) is 0 Å². The van der Waals surface area contributed by atoms with E-state index in [0.717, 1.165) is 48.5 Å². The molecule has 0 aliphatic heterocycles. The molecule has 2 aromatic heterocycles. The standard InChI is InChI=1S/C19H27N5O.2ClH/c1-13-10-14(2)24(23-13)17-8-7-15(11-21-17)12-22-18(25)16-6-4-5-9-19(16,3)20;;/h7-8,10-11,16H,4-6,9,12,20H2,1-3H3,(H,22,25);2*1H. The zero-order valence-corrected chi connectivity index (χ0v) is 17.7. The third-order valence-electron chi connectivity index (χ3n) is 5.07. The highest BCUT2D eigenvalue weighted by molar-refractivity contribution is 5.85. The van der Waals surface area contributed by atoms with Crippen LogP contribution in [-0.4, -0.2) is 26.2 Å². The number of amides is 1. The highest BCUT2D eigenvalue weighted by Crippen LogP contribution is 2.31. The molecule has 0 spiro atoms. The summed E-state index contributed by atoms with van der Waals surface area (Å²) in [5.74, 6) is 0.720. The highest BCUT2D eigenvalue weighted by Gasteiger charge is 2.37. The number of hydrogen-bond acceptors (Lipinski definition) is 4. The Morgan fingerprint density at radius 2 is 2.07 bits per heavy atom. The number of halogens is 2. The minimum Gasteiger partial charge on any atom is -0.352 e. The van der Waals surface area contributed by atoms with Gasteiger partial charge in [-0.15, -0.1) is 24.8 Å². The van der Waals surface area contributed by atoms with Crippen LogP contribution in [-0.2, 0) is 11.3 Å². The third-order valence-corrected chi connectivity index (χ3v) is 5.07. The Morgan fingerprint density at radius 1 is 1.33 bits per heavy atom. The summed E-state index contributed by atoms with van der Waals surface area (Å²) in [6.07, 6.45) is 5.74. The van der Waals surface area contributed by atoms with E-state index in [4.69, 9.17) is 5.73 Å². The van der Waals surface area contributed by atoms with E-state index >= 15 is 0 Å². The van der Waals surface area contributed by atoms with E-state index in [9.17, 15) is 4.79 Å². The first-order chi connectivity index (χ1) is 11.9. The smallest absolute Gasteiger partial charge is 0.225 e. The van der Waals surface area contributed by atoms with Gasteiger partial charge in [-0.25, -0.2) is 9.67 Å². The molecule has 6 nitrogen and oxygen atoms in total. The van der Waals surface area contributed by atoms with Crippen molar-refractivity contribution in [2.75, 3.05) is 0 Å². The van der Waals surface area contributed by atoms with Gasteiger partial charge in [0.05, 0.1) is 11.6 Å². The predicted octanol–water partition coefficient (Wildman–Crippen LogP) is 3.25. The molecule has 0 radical (unpaired) electrons. The first kappa shape index (κ1) is 23.4. The minimum atomic E-state index is -0.403. The molecule has 2 aromatic rings. The van der Waals surface area contributed by atoms with Gasteiger partial charge in [-0.05, 0) is 51.3 Å². The molecule has 150 valence electrons. The zero-order valence-electron chi connectivity index (χ0n) is 16.1. The summed E-state index contributed by atoms with van der Waals surface area (Å²) in [7, 11) is 0. The van der Waals surface area contributed by atoms with Crippen molar-refractivity contribution >= 4 is 30.7 Å². The maximum absolute atomic E-state index is 12.5. The SMILES string of the molecule is Cc1cc(C)n(-c2ccc(CNC(=O)C3CCCCC3(C)N)cn2)n1.Cl.Cl. The minimum absolute atomic E-state index is 0. The topological polar surface area (TPSA) is 85.8 Å². The van der Waals surface area contributed by atoms with E-state index in [2.05, 4.69) is 15.4 Å². The average molecular weight is 414 g/mol. The van der Waals surface area contributed by atoms with Crippen LogP contribution in [0, 0.1) is 19.8 Å². The van der Waals surface area contributed by atoms with Crippen molar-refractivity contribution in [2.45, 2.75) is 58.5 Å². The number of carbonyl (C=O) groups is 1. The van der Waals surface area contributed by atoms with E-state index in [1.165, 1.54) is 0 Å². The number of nitrogens with one attached hydrogen (secondary N) is 1. The summed E-state index contributed by atoms with van der Waals surface area (Å²) in [6, 6.07) is 5.92. The molecule has 8 heteroatoms. The Hall–Kier alpha value is -1.63. The van der Waals surface area contributed by atoms with E-state index in [1.54, 1.807) is 6.20 Å². The van der Waals surface area contributed by atoms with Gasteiger partial charge in [-0.3, -0.25) is 4.79 Å². The van der Waals surface area contributed by atoms with Crippen LogP contribution in [0.4, 0.5) is 0 Å². The van der Waals surface area contributed by atoms with Gasteiger partial charge in [0.2, 0.25) is 5.91 Å². The predicted molar refractivity (Wildman–Crippen MR) is 112 cm³/mol. The summed E-state index contributed by atoms with van der Waals surface area (Å²) in [4.78, 5) is 17.0. The maximum Gasteiger partial charge on any atom is 0.225 e. The number of nitrogens with zero attached hydrogens (tertiary/aromatic N) is 3. The van der Waals surface area contributed by atoms with Crippen LogP contribution in [0.1, 0.15) is 49.6 Å². The molecule has 0 bridgehead atoms. The molecule has 1 aliphatic rings. The Labute approximate surface area is 173 Å². The molecule has 1 amide bonds. The molecule has 1 fully saturated rings. The average Bonchev–Trinajstić information content (AvgIpc) is 2.91. The Kier molecular flexibility index (Phi) is 8.26. The van der Waals surface area contributed by atoms with Gasteiger partial charge in [-0.1, -0.05) is 18.9 Å². The van der Waals surface area contributed by atoms with Gasteiger partial charge in [-0.2, -0.15) is 5.10 Å². The first-order valence-corrected chi connectivity index (χ1v) is 8.92.